The number of hydrogen-bond donors (Lipinski definition) is 1. The van der Waals surface area contributed by atoms with Gasteiger partial charge in [-0.15, -0.1) is 5.10 Å². The lowest BCUT2D eigenvalue weighted by Gasteiger charge is -2.33. The van der Waals surface area contributed by atoms with E-state index in [-0.39, 0.29) is 36.4 Å². The number of carbonyl (C=O) groups is 1. The molecule has 1 amide bonds. The normalized spacial score (nSPS) is 22.5. The number of sulfonamides is 1. The number of nitrogens with zero attached hydrogens (tertiary/aromatic N) is 6. The Morgan fingerprint density at radius 1 is 1.05 bits per heavy atom. The summed E-state index contributed by atoms with van der Waals surface area (Å²) >= 11 is 0. The Kier molecular flexibility index (Phi) is 8.30. The Morgan fingerprint density at radius 2 is 1.83 bits per heavy atom. The van der Waals surface area contributed by atoms with Crippen LogP contribution in [0, 0.1) is 0 Å². The van der Waals surface area contributed by atoms with E-state index >= 15 is 0 Å². The molecule has 2 aliphatic heterocycles. The first-order valence-corrected chi connectivity index (χ1v) is 16.1. The largest absolute Gasteiger partial charge is 0.497 e. The SMILES string of the molecule is COc1ccc(S(=O)(=O)N2CCNC(=O)[C@H]2Cc2cn([C@@H]3CCCc4cc(CN5CCN(C)CC5)ccc43)nn2)cc1. The van der Waals surface area contributed by atoms with Gasteiger partial charge in [-0.1, -0.05) is 23.4 Å². The van der Waals surface area contributed by atoms with Crippen LogP contribution in [0.4, 0.5) is 0 Å². The zero-order chi connectivity index (χ0) is 29.3. The van der Waals surface area contributed by atoms with Crippen molar-refractivity contribution in [3.8, 4) is 5.75 Å². The van der Waals surface area contributed by atoms with Gasteiger partial charge in [0, 0.05) is 58.4 Å². The molecule has 2 aromatic carbocycles. The maximum Gasteiger partial charge on any atom is 0.243 e. The predicted octanol–water partition coefficient (Wildman–Crippen LogP) is 1.69. The maximum atomic E-state index is 13.5. The van der Waals surface area contributed by atoms with E-state index in [2.05, 4.69) is 50.7 Å². The minimum atomic E-state index is -3.90. The monoisotopic (exact) mass is 593 g/mol. The first kappa shape index (κ1) is 28.8. The topological polar surface area (TPSA) is 113 Å². The number of benzene rings is 2. The number of amides is 1. The highest BCUT2D eigenvalue weighted by molar-refractivity contribution is 7.89. The van der Waals surface area contributed by atoms with Crippen LogP contribution in [-0.4, -0.2) is 103 Å². The number of aryl methyl sites for hydroxylation is 1. The van der Waals surface area contributed by atoms with Crippen LogP contribution in [-0.2, 0) is 34.2 Å². The van der Waals surface area contributed by atoms with Gasteiger partial charge >= 0.3 is 0 Å². The fourth-order valence-corrected chi connectivity index (χ4v) is 7.88. The Labute approximate surface area is 247 Å². The average Bonchev–Trinajstić information content (AvgIpc) is 3.47. The van der Waals surface area contributed by atoms with Gasteiger partial charge in [0.1, 0.15) is 11.8 Å². The smallest absolute Gasteiger partial charge is 0.243 e. The molecule has 0 radical (unpaired) electrons. The summed E-state index contributed by atoms with van der Waals surface area (Å²) in [6.45, 7) is 5.81. The molecule has 0 spiro atoms. The molecule has 12 heteroatoms. The Bertz CT molecular complexity index is 1520. The third kappa shape index (κ3) is 5.94. The van der Waals surface area contributed by atoms with Gasteiger partial charge in [0.05, 0.1) is 23.7 Å². The third-order valence-corrected chi connectivity index (χ3v) is 10.6. The number of fused-ring (bicyclic) bond motifs is 1. The van der Waals surface area contributed by atoms with Gasteiger partial charge in [0.25, 0.3) is 0 Å². The van der Waals surface area contributed by atoms with Crippen LogP contribution in [0.3, 0.4) is 0 Å². The van der Waals surface area contributed by atoms with Crippen LogP contribution in [0.25, 0.3) is 0 Å². The van der Waals surface area contributed by atoms with Crippen LogP contribution in [0.5, 0.6) is 5.75 Å². The Morgan fingerprint density at radius 3 is 2.60 bits per heavy atom. The van der Waals surface area contributed by atoms with Gasteiger partial charge in [0.2, 0.25) is 15.9 Å². The second kappa shape index (κ2) is 12.1. The van der Waals surface area contributed by atoms with Crippen molar-refractivity contribution in [2.45, 2.75) is 49.2 Å². The molecule has 0 unspecified atom stereocenters. The number of methoxy groups -OCH3 is 1. The van der Waals surface area contributed by atoms with E-state index in [4.69, 9.17) is 4.74 Å². The van der Waals surface area contributed by atoms with Gasteiger partial charge in [-0.25, -0.2) is 13.1 Å². The fraction of sp³-hybridized carbons (Fsp3) is 0.500. The molecule has 3 aliphatic rings. The number of rotatable bonds is 8. The Hall–Kier alpha value is -3.32. The van der Waals surface area contributed by atoms with Crippen LogP contribution < -0.4 is 10.1 Å². The van der Waals surface area contributed by atoms with E-state index in [9.17, 15) is 13.2 Å². The molecule has 0 bridgehead atoms. The number of ether oxygens (including phenoxy) is 1. The highest BCUT2D eigenvalue weighted by atomic mass is 32.2. The second-order valence-electron chi connectivity index (χ2n) is 11.5. The van der Waals surface area contributed by atoms with Gasteiger partial charge < -0.3 is 15.0 Å². The fourth-order valence-electron chi connectivity index (χ4n) is 6.30. The molecule has 2 saturated heterocycles. The van der Waals surface area contributed by atoms with Crippen molar-refractivity contribution in [2.75, 3.05) is 53.4 Å². The lowest BCUT2D eigenvalue weighted by molar-refractivity contribution is -0.126. The lowest BCUT2D eigenvalue weighted by atomic mass is 9.86. The summed E-state index contributed by atoms with van der Waals surface area (Å²) in [4.78, 5) is 18.0. The highest BCUT2D eigenvalue weighted by Crippen LogP contribution is 2.33. The molecular weight excluding hydrogens is 554 g/mol. The number of nitrogens with one attached hydrogen (secondary N) is 1. The lowest BCUT2D eigenvalue weighted by Crippen LogP contribution is -2.57. The summed E-state index contributed by atoms with van der Waals surface area (Å²) in [6, 6.07) is 12.2. The average molecular weight is 594 g/mol. The minimum Gasteiger partial charge on any atom is -0.497 e. The molecule has 1 N–H and O–H groups in total. The van der Waals surface area contributed by atoms with Crippen LogP contribution in [0.2, 0.25) is 0 Å². The van der Waals surface area contributed by atoms with Crippen molar-refractivity contribution in [3.63, 3.8) is 0 Å². The molecule has 0 saturated carbocycles. The van der Waals surface area contributed by atoms with Crippen LogP contribution in [0.1, 0.15) is 41.3 Å². The van der Waals surface area contributed by atoms with Crippen LogP contribution in [0.15, 0.2) is 53.6 Å². The molecule has 42 heavy (non-hydrogen) atoms. The standard InChI is InChI=1S/C30H39N7O4S/c1-34-14-16-35(17-15-34)20-22-6-11-27-23(18-22)4-3-5-28(27)36-21-24(32-33-36)19-29-30(38)31-12-13-37(29)42(39,40)26-9-7-25(41-2)8-10-26/h6-11,18,21,28-29H,3-5,12-17,19-20H2,1-2H3,(H,31,38)/t28-,29-/m1/s1. The molecule has 3 heterocycles. The van der Waals surface area contributed by atoms with Gasteiger partial charge in [0.15, 0.2) is 0 Å². The molecular formula is C30H39N7O4S. The van der Waals surface area contributed by atoms with E-state index in [1.54, 1.807) is 12.1 Å². The number of likely N-dealkylation sites (N-methyl/N-ethyl adjacent to an activating group) is 1. The molecule has 11 nitrogen and oxygen atoms in total. The summed E-state index contributed by atoms with van der Waals surface area (Å²) in [5.74, 6) is 0.234. The van der Waals surface area contributed by atoms with Gasteiger partial charge in [-0.2, -0.15) is 4.31 Å². The second-order valence-corrected chi connectivity index (χ2v) is 13.4. The zero-order valence-corrected chi connectivity index (χ0v) is 25.1. The number of hydrogen-bond acceptors (Lipinski definition) is 8. The molecule has 3 aromatic rings. The number of piperazine rings is 2. The summed E-state index contributed by atoms with van der Waals surface area (Å²) in [6.07, 6.45) is 5.08. The highest BCUT2D eigenvalue weighted by Gasteiger charge is 2.39. The first-order valence-electron chi connectivity index (χ1n) is 14.7. The minimum absolute atomic E-state index is 0.0620. The van der Waals surface area contributed by atoms with E-state index in [1.807, 2.05) is 10.9 Å². The van der Waals surface area contributed by atoms with E-state index in [0.29, 0.717) is 11.4 Å². The van der Waals surface area contributed by atoms with Gasteiger partial charge in [-0.05, 0) is 67.3 Å². The van der Waals surface area contributed by atoms with Crippen LogP contribution >= 0.6 is 0 Å². The van der Waals surface area contributed by atoms with Crippen molar-refractivity contribution in [1.29, 1.82) is 0 Å². The third-order valence-electron chi connectivity index (χ3n) is 8.72. The predicted molar refractivity (Wildman–Crippen MR) is 158 cm³/mol. The quantitative estimate of drug-likeness (QED) is 0.420. The van der Waals surface area contributed by atoms with Crippen molar-refractivity contribution >= 4 is 15.9 Å². The van der Waals surface area contributed by atoms with Crippen molar-refractivity contribution < 1.29 is 17.9 Å². The molecule has 1 aliphatic carbocycles. The van der Waals surface area contributed by atoms with Crippen molar-refractivity contribution in [2.24, 2.45) is 0 Å². The molecule has 2 atom stereocenters. The van der Waals surface area contributed by atoms with E-state index in [0.717, 1.165) is 52.0 Å². The summed E-state index contributed by atoms with van der Waals surface area (Å²) in [7, 11) is -0.199. The van der Waals surface area contributed by atoms with E-state index in [1.165, 1.54) is 40.2 Å². The summed E-state index contributed by atoms with van der Waals surface area (Å²) in [5, 5.41) is 11.7. The molecule has 1 aromatic heterocycles. The summed E-state index contributed by atoms with van der Waals surface area (Å²) < 4.78 is 35.4. The van der Waals surface area contributed by atoms with Crippen molar-refractivity contribution in [3.05, 3.63) is 71.0 Å². The molecule has 6 rings (SSSR count). The van der Waals surface area contributed by atoms with Gasteiger partial charge in [-0.3, -0.25) is 9.69 Å². The van der Waals surface area contributed by atoms with E-state index < -0.39 is 16.1 Å². The number of aromatic nitrogens is 3. The molecule has 2 fully saturated rings. The first-order chi connectivity index (χ1) is 20.3. The van der Waals surface area contributed by atoms with Crippen molar-refractivity contribution in [1.82, 2.24) is 34.4 Å². The zero-order valence-electron chi connectivity index (χ0n) is 24.3. The molecule has 224 valence electrons. The Balaban J connectivity index is 1.18. The number of carbonyl (C=O) groups excluding carboxylic acids is 1. The maximum absolute atomic E-state index is 13.5. The summed E-state index contributed by atoms with van der Waals surface area (Å²) in [5.41, 5.74) is 4.56.